The number of sulfonamides is 1. The number of imide groups is 2. The highest BCUT2D eigenvalue weighted by atomic mass is 32.2. The molecular formula is C47H50F2N10O7S. The average molecular weight is 937 g/mol. The number of fused-ring (bicyclic) bond motifs is 2. The van der Waals surface area contributed by atoms with Crippen LogP contribution in [0, 0.1) is 17.6 Å². The highest BCUT2D eigenvalue weighted by Crippen LogP contribution is 2.38. The number of piperidine rings is 2. The van der Waals surface area contributed by atoms with Gasteiger partial charge in [-0.2, -0.15) is 0 Å². The molecule has 3 N–H and O–H groups in total. The zero-order valence-corrected chi connectivity index (χ0v) is 37.8. The number of likely N-dealkylation sites (tertiary alicyclic amines) is 1. The minimum atomic E-state index is -3.88. The van der Waals surface area contributed by atoms with Gasteiger partial charge in [-0.05, 0) is 87.8 Å². The molecule has 3 aliphatic heterocycles. The number of nitrogens with zero attached hydrogens (tertiary/aromatic N) is 7. The van der Waals surface area contributed by atoms with Crippen molar-refractivity contribution >= 4 is 67.8 Å². The van der Waals surface area contributed by atoms with Gasteiger partial charge in [0.05, 0.1) is 33.6 Å². The fourth-order valence-corrected chi connectivity index (χ4v) is 11.1. The van der Waals surface area contributed by atoms with Gasteiger partial charge in [0.25, 0.3) is 11.8 Å². The molecule has 2 saturated heterocycles. The summed E-state index contributed by atoms with van der Waals surface area (Å²) in [6.45, 7) is 2.78. The van der Waals surface area contributed by atoms with Crippen LogP contribution in [0.25, 0.3) is 27.8 Å². The van der Waals surface area contributed by atoms with Crippen molar-refractivity contribution in [2.24, 2.45) is 5.92 Å². The molecule has 17 nitrogen and oxygen atoms in total. The van der Waals surface area contributed by atoms with E-state index in [9.17, 15) is 32.4 Å². The number of rotatable bonds is 12. The zero-order valence-electron chi connectivity index (χ0n) is 37.0. The minimum Gasteiger partial charge on any atom is -0.382 e. The molecule has 0 radical (unpaired) electrons. The van der Waals surface area contributed by atoms with Gasteiger partial charge >= 0.3 is 0 Å². The molecule has 3 fully saturated rings. The van der Waals surface area contributed by atoms with E-state index >= 15 is 8.78 Å². The lowest BCUT2D eigenvalue weighted by molar-refractivity contribution is -0.137. The highest BCUT2D eigenvalue weighted by molar-refractivity contribution is 7.92. The van der Waals surface area contributed by atoms with E-state index in [1.165, 1.54) is 17.1 Å². The molecule has 6 heterocycles. The van der Waals surface area contributed by atoms with Crippen LogP contribution in [0.1, 0.15) is 91.8 Å². The van der Waals surface area contributed by atoms with Gasteiger partial charge in [0.15, 0.2) is 5.82 Å². The second kappa shape index (κ2) is 18.5. The number of hydrogen-bond acceptors (Lipinski definition) is 12. The van der Waals surface area contributed by atoms with E-state index in [1.54, 1.807) is 49.6 Å². The molecule has 3 atom stereocenters. The maximum Gasteiger partial charge on any atom is 0.264 e. The van der Waals surface area contributed by atoms with Crippen molar-refractivity contribution in [3.05, 3.63) is 90.1 Å². The third kappa shape index (κ3) is 8.81. The van der Waals surface area contributed by atoms with Crippen molar-refractivity contribution in [1.29, 1.82) is 0 Å². The lowest BCUT2D eigenvalue weighted by atomic mass is 9.96. The number of carbonyl (C=O) groups is 5. The smallest absolute Gasteiger partial charge is 0.264 e. The van der Waals surface area contributed by atoms with Crippen LogP contribution in [0.2, 0.25) is 0 Å². The number of benzene rings is 2. The van der Waals surface area contributed by atoms with Crippen LogP contribution in [0.4, 0.5) is 26.0 Å². The predicted molar refractivity (Wildman–Crippen MR) is 245 cm³/mol. The molecule has 5 amide bonds. The largest absolute Gasteiger partial charge is 0.382 e. The standard InChI is InChI=1S/C47H50F2N10O7S/c1-3-22-67(65,66)55-35-13-12-33(48)43(41(35)49)58-25-32(28-23-50-26-51-24-28)42-36(58)14-16-38(53-42)56(2)30-18-20-57(21-19-30)45(62)27-6-4-7-29(11-10-27)52-34-9-5-8-31-40(34)47(64)59(46(31)63)37-15-17-39(60)54-44(37)61/h5,8-9,12-14,16,23-27,29-30,37,52,55H,3-4,6-7,10-11,15,17-22H2,1-2H3,(H,54,60,61). The average Bonchev–Trinajstić information content (AvgIpc) is 3.69. The molecule has 3 unspecified atom stereocenters. The van der Waals surface area contributed by atoms with E-state index in [4.69, 9.17) is 4.98 Å². The van der Waals surface area contributed by atoms with Gasteiger partial charge in [-0.1, -0.05) is 19.4 Å². The Balaban J connectivity index is 0.859. The van der Waals surface area contributed by atoms with Crippen molar-refractivity contribution in [2.75, 3.05) is 40.8 Å². The summed E-state index contributed by atoms with van der Waals surface area (Å²) in [6, 6.07) is 9.50. The van der Waals surface area contributed by atoms with Gasteiger partial charge in [-0.15, -0.1) is 0 Å². The molecule has 1 saturated carbocycles. The van der Waals surface area contributed by atoms with Crippen LogP contribution in [0.5, 0.6) is 0 Å². The SMILES string of the molecule is CCCS(=O)(=O)Nc1ccc(F)c(-n2cc(-c3cncnc3)c3nc(N(C)C4CCN(C(=O)C5CCCC(Nc6cccc7c6C(=O)N(C6CCC(=O)NC6=O)C7=O)CC5)CC4)ccc32)c1F. The number of anilines is 3. The Morgan fingerprint density at radius 2 is 1.67 bits per heavy atom. The predicted octanol–water partition coefficient (Wildman–Crippen LogP) is 5.80. The molecule has 0 spiro atoms. The van der Waals surface area contributed by atoms with Gasteiger partial charge in [-0.3, -0.25) is 38.9 Å². The number of carbonyl (C=O) groups excluding carboxylic acids is 5. The Bertz CT molecular complexity index is 2910. The van der Waals surface area contributed by atoms with Gasteiger partial charge in [0.1, 0.15) is 29.7 Å². The van der Waals surface area contributed by atoms with E-state index in [1.807, 2.05) is 11.9 Å². The maximum absolute atomic E-state index is 16.1. The monoisotopic (exact) mass is 936 g/mol. The van der Waals surface area contributed by atoms with Crippen molar-refractivity contribution < 1.29 is 41.2 Å². The molecule has 3 aromatic heterocycles. The van der Waals surface area contributed by atoms with Gasteiger partial charge < -0.3 is 19.7 Å². The van der Waals surface area contributed by atoms with E-state index in [0.29, 0.717) is 78.9 Å². The Morgan fingerprint density at radius 3 is 2.42 bits per heavy atom. The molecular weight excluding hydrogens is 887 g/mol. The minimum absolute atomic E-state index is 0.0260. The van der Waals surface area contributed by atoms with E-state index in [2.05, 4.69) is 30.2 Å². The Labute approximate surface area is 385 Å². The number of aromatic nitrogens is 4. The van der Waals surface area contributed by atoms with Crippen molar-refractivity contribution in [3.63, 3.8) is 0 Å². The molecule has 5 aromatic rings. The van der Waals surface area contributed by atoms with Gasteiger partial charge in [-0.25, -0.2) is 32.2 Å². The number of nitrogens with one attached hydrogen (secondary N) is 3. The maximum atomic E-state index is 16.1. The summed E-state index contributed by atoms with van der Waals surface area (Å²) in [5.74, 6) is -3.90. The molecule has 2 aromatic carbocycles. The Morgan fingerprint density at radius 1 is 0.896 bits per heavy atom. The second-order valence-electron chi connectivity index (χ2n) is 17.6. The van der Waals surface area contributed by atoms with E-state index in [-0.39, 0.29) is 59.3 Å². The summed E-state index contributed by atoms with van der Waals surface area (Å²) in [5, 5.41) is 5.71. The second-order valence-corrected chi connectivity index (χ2v) is 19.5. The van der Waals surface area contributed by atoms with Crippen LogP contribution in [0.3, 0.4) is 0 Å². The van der Waals surface area contributed by atoms with Crippen molar-refractivity contribution in [3.8, 4) is 16.8 Å². The van der Waals surface area contributed by atoms with Crippen LogP contribution in [-0.2, 0) is 24.4 Å². The molecule has 9 rings (SSSR count). The molecule has 20 heteroatoms. The lowest BCUT2D eigenvalue weighted by Crippen LogP contribution is -2.54. The first-order chi connectivity index (χ1) is 32.2. The Hall–Kier alpha value is -6.83. The van der Waals surface area contributed by atoms with Gasteiger partial charge in [0, 0.05) is 80.0 Å². The molecule has 1 aliphatic carbocycles. The number of halogens is 2. The summed E-state index contributed by atoms with van der Waals surface area (Å²) >= 11 is 0. The fraction of sp³-hybridized carbons (Fsp3) is 0.404. The number of amides is 5. The zero-order chi connectivity index (χ0) is 47.1. The number of pyridine rings is 1. The van der Waals surface area contributed by atoms with Crippen LogP contribution >= 0.6 is 0 Å². The van der Waals surface area contributed by atoms with Crippen LogP contribution in [-0.4, -0.2) is 111 Å². The quantitative estimate of drug-likeness (QED) is 0.100. The van der Waals surface area contributed by atoms with Crippen LogP contribution in [0.15, 0.2) is 67.4 Å². The fourth-order valence-electron chi connectivity index (χ4n) is 9.92. The van der Waals surface area contributed by atoms with Crippen molar-refractivity contribution in [1.82, 2.24) is 34.6 Å². The summed E-state index contributed by atoms with van der Waals surface area (Å²) in [5.41, 5.74) is 1.94. The normalized spacial score (nSPS) is 20.4. The Kier molecular flexibility index (Phi) is 12.5. The highest BCUT2D eigenvalue weighted by Gasteiger charge is 2.46. The molecule has 67 heavy (non-hydrogen) atoms. The molecule has 4 aliphatic rings. The summed E-state index contributed by atoms with van der Waals surface area (Å²) in [6.07, 6.45) is 11.4. The van der Waals surface area contributed by atoms with E-state index in [0.717, 1.165) is 36.3 Å². The first-order valence-corrected chi connectivity index (χ1v) is 24.3. The van der Waals surface area contributed by atoms with Gasteiger partial charge in [0.2, 0.25) is 27.7 Å². The number of hydrogen-bond donors (Lipinski definition) is 3. The van der Waals surface area contributed by atoms with Crippen molar-refractivity contribution in [2.45, 2.75) is 89.3 Å². The molecule has 350 valence electrons. The van der Waals surface area contributed by atoms with Crippen LogP contribution < -0.4 is 20.3 Å². The first-order valence-electron chi connectivity index (χ1n) is 22.6. The summed E-state index contributed by atoms with van der Waals surface area (Å²) < 4.78 is 60.4. The summed E-state index contributed by atoms with van der Waals surface area (Å²) in [4.78, 5) is 83.7. The summed E-state index contributed by atoms with van der Waals surface area (Å²) in [7, 11) is -1.94. The topological polar surface area (TPSA) is 209 Å². The first kappa shape index (κ1) is 45.3. The molecule has 0 bridgehead atoms. The third-order valence-electron chi connectivity index (χ3n) is 13.4. The third-order valence-corrected chi connectivity index (χ3v) is 14.9. The lowest BCUT2D eigenvalue weighted by Gasteiger charge is -2.38. The van der Waals surface area contributed by atoms with E-state index < -0.39 is 57.0 Å².